The van der Waals surface area contributed by atoms with E-state index in [9.17, 15) is 4.79 Å². The minimum Gasteiger partial charge on any atom is -0.370 e. The molecule has 0 bridgehead atoms. The fourth-order valence-corrected chi connectivity index (χ4v) is 6.14. The van der Waals surface area contributed by atoms with Gasteiger partial charge in [-0.3, -0.25) is 4.79 Å². The Hall–Kier alpha value is -1.99. The average molecular weight is 499 g/mol. The minimum absolute atomic E-state index is 0.115. The van der Waals surface area contributed by atoms with Crippen molar-refractivity contribution in [1.82, 2.24) is 9.88 Å². The summed E-state index contributed by atoms with van der Waals surface area (Å²) in [4.78, 5) is 23.7. The zero-order valence-corrected chi connectivity index (χ0v) is 22.2. The molecule has 1 unspecified atom stereocenters. The van der Waals surface area contributed by atoms with E-state index < -0.39 is 0 Å². The van der Waals surface area contributed by atoms with Crippen LogP contribution in [0.15, 0.2) is 29.6 Å². The van der Waals surface area contributed by atoms with Crippen LogP contribution in [0.1, 0.15) is 86.6 Å². The zero-order valence-electron chi connectivity index (χ0n) is 20.6. The monoisotopic (exact) mass is 498 g/mol. The second-order valence-corrected chi connectivity index (χ2v) is 11.2. The Kier molecular flexibility index (Phi) is 8.95. The molecule has 1 N–H and O–H groups in total. The molecule has 2 saturated heterocycles. The van der Waals surface area contributed by atoms with Gasteiger partial charge >= 0.3 is 0 Å². The third kappa shape index (κ3) is 6.36. The first-order chi connectivity index (χ1) is 16.5. The van der Waals surface area contributed by atoms with Gasteiger partial charge in [0.15, 0.2) is 0 Å². The molecule has 5 nitrogen and oxygen atoms in total. The van der Waals surface area contributed by atoms with Crippen LogP contribution in [-0.2, 0) is 0 Å². The van der Waals surface area contributed by atoms with Crippen LogP contribution in [0.3, 0.4) is 0 Å². The predicted molar refractivity (Wildman–Crippen MR) is 147 cm³/mol. The number of likely N-dealkylation sites (tertiary alicyclic amines) is 1. The number of aromatic nitrogens is 1. The summed E-state index contributed by atoms with van der Waals surface area (Å²) in [6.07, 6.45) is 9.23. The maximum atomic E-state index is 13.0. The molecule has 2 aromatic rings. The van der Waals surface area contributed by atoms with Gasteiger partial charge in [-0.05, 0) is 63.0 Å². The molecule has 4 rings (SSSR count). The lowest BCUT2D eigenvalue weighted by Gasteiger charge is -2.33. The van der Waals surface area contributed by atoms with E-state index in [0.29, 0.717) is 11.6 Å². The van der Waals surface area contributed by atoms with Gasteiger partial charge in [-0.2, -0.15) is 0 Å². The van der Waals surface area contributed by atoms with Crippen LogP contribution >= 0.6 is 23.6 Å². The van der Waals surface area contributed by atoms with Crippen LogP contribution in [0.5, 0.6) is 0 Å². The average Bonchev–Trinajstić information content (AvgIpc) is 3.38. The van der Waals surface area contributed by atoms with Crippen LogP contribution < -0.4 is 10.2 Å². The number of hydrogen-bond acceptors (Lipinski definition) is 5. The first kappa shape index (κ1) is 25.1. The largest absolute Gasteiger partial charge is 0.370 e. The zero-order chi connectivity index (χ0) is 23.9. The molecule has 0 radical (unpaired) electrons. The molecule has 1 amide bonds. The highest BCUT2D eigenvalue weighted by molar-refractivity contribution is 7.80. The number of rotatable bonds is 8. The van der Waals surface area contributed by atoms with Crippen molar-refractivity contribution in [2.75, 3.05) is 36.4 Å². The SMILES string of the molecule is CCC(C)CCC(=S)N1CCC(c2nc(C(=O)Nc3ccccc3N3CCCCC3)cs2)CC1. The summed E-state index contributed by atoms with van der Waals surface area (Å²) < 4.78 is 0. The Morgan fingerprint density at radius 1 is 1.18 bits per heavy atom. The number of nitrogens with zero attached hydrogens (tertiary/aromatic N) is 3. The number of thiocarbonyl (C=S) groups is 1. The lowest BCUT2D eigenvalue weighted by Crippen LogP contribution is -2.37. The lowest BCUT2D eigenvalue weighted by molar-refractivity contribution is 0.102. The van der Waals surface area contributed by atoms with Crippen molar-refractivity contribution in [1.29, 1.82) is 0 Å². The summed E-state index contributed by atoms with van der Waals surface area (Å²) >= 11 is 7.33. The van der Waals surface area contributed by atoms with Gasteiger partial charge in [-0.1, -0.05) is 44.6 Å². The van der Waals surface area contributed by atoms with E-state index >= 15 is 0 Å². The summed E-state index contributed by atoms with van der Waals surface area (Å²) in [6.45, 7) is 8.64. The molecule has 2 aliphatic heterocycles. The van der Waals surface area contributed by atoms with E-state index in [-0.39, 0.29) is 5.91 Å². The summed E-state index contributed by atoms with van der Waals surface area (Å²) in [5.41, 5.74) is 2.52. The van der Waals surface area contributed by atoms with Crippen molar-refractivity contribution in [2.24, 2.45) is 5.92 Å². The molecule has 0 spiro atoms. The maximum Gasteiger partial charge on any atom is 0.275 e. The number of para-hydroxylation sites is 2. The number of carbonyl (C=O) groups is 1. The number of piperidine rings is 2. The van der Waals surface area contributed by atoms with Gasteiger partial charge in [0, 0.05) is 37.5 Å². The van der Waals surface area contributed by atoms with Gasteiger partial charge in [0.25, 0.3) is 5.91 Å². The van der Waals surface area contributed by atoms with Crippen LogP contribution in [0.4, 0.5) is 11.4 Å². The Morgan fingerprint density at radius 3 is 2.65 bits per heavy atom. The molecular formula is C27H38N4OS2. The van der Waals surface area contributed by atoms with Crippen molar-refractivity contribution in [2.45, 2.75) is 71.1 Å². The number of nitrogens with one attached hydrogen (secondary N) is 1. The quantitative estimate of drug-likeness (QED) is 0.410. The van der Waals surface area contributed by atoms with Gasteiger partial charge in [-0.25, -0.2) is 4.98 Å². The fraction of sp³-hybridized carbons (Fsp3) is 0.593. The van der Waals surface area contributed by atoms with Crippen molar-refractivity contribution < 1.29 is 4.79 Å². The normalized spacial score (nSPS) is 18.1. The van der Waals surface area contributed by atoms with E-state index in [1.807, 2.05) is 23.6 Å². The van der Waals surface area contributed by atoms with Crippen molar-refractivity contribution in [3.63, 3.8) is 0 Å². The Labute approximate surface area is 213 Å². The first-order valence-corrected chi connectivity index (χ1v) is 14.2. The highest BCUT2D eigenvalue weighted by atomic mass is 32.1. The molecule has 2 fully saturated rings. The molecule has 34 heavy (non-hydrogen) atoms. The molecule has 0 saturated carbocycles. The number of anilines is 2. The van der Waals surface area contributed by atoms with Gasteiger partial charge in [-0.15, -0.1) is 11.3 Å². The summed E-state index contributed by atoms with van der Waals surface area (Å²) in [5, 5.41) is 6.13. The van der Waals surface area contributed by atoms with Crippen molar-refractivity contribution >= 4 is 45.8 Å². The van der Waals surface area contributed by atoms with E-state index in [1.54, 1.807) is 11.3 Å². The van der Waals surface area contributed by atoms with E-state index in [4.69, 9.17) is 17.2 Å². The van der Waals surface area contributed by atoms with E-state index in [2.05, 4.69) is 35.0 Å². The highest BCUT2D eigenvalue weighted by Gasteiger charge is 2.25. The summed E-state index contributed by atoms with van der Waals surface area (Å²) in [5.74, 6) is 1.04. The Balaban J connectivity index is 1.32. The van der Waals surface area contributed by atoms with Gasteiger partial charge < -0.3 is 15.1 Å². The fourth-order valence-electron chi connectivity index (χ4n) is 4.86. The van der Waals surface area contributed by atoms with Gasteiger partial charge in [0.2, 0.25) is 0 Å². The predicted octanol–water partition coefficient (Wildman–Crippen LogP) is 6.72. The maximum absolute atomic E-state index is 13.0. The Morgan fingerprint density at radius 2 is 1.91 bits per heavy atom. The number of carbonyl (C=O) groups excluding carboxylic acids is 1. The topological polar surface area (TPSA) is 48.5 Å². The van der Waals surface area contributed by atoms with Crippen molar-refractivity contribution in [3.05, 3.63) is 40.3 Å². The third-order valence-corrected chi connectivity index (χ3v) is 8.82. The Bertz CT molecular complexity index is 961. The second kappa shape index (κ2) is 12.1. The first-order valence-electron chi connectivity index (χ1n) is 12.9. The van der Waals surface area contributed by atoms with Crippen molar-refractivity contribution in [3.8, 4) is 0 Å². The standard InChI is InChI=1S/C27H38N4OS2/c1-3-20(2)11-12-25(33)31-17-13-21(14-18-31)27-29-23(19-34-27)26(32)28-22-9-5-6-10-24(22)30-15-7-4-8-16-30/h5-6,9-10,19-21H,3-4,7-8,11-18H2,1-2H3,(H,28,32). The summed E-state index contributed by atoms with van der Waals surface area (Å²) in [7, 11) is 0. The van der Waals surface area contributed by atoms with E-state index in [0.717, 1.165) is 72.7 Å². The molecule has 2 aliphatic rings. The van der Waals surface area contributed by atoms with Crippen LogP contribution in [0.25, 0.3) is 0 Å². The molecular weight excluding hydrogens is 460 g/mol. The molecule has 1 atom stereocenters. The highest BCUT2D eigenvalue weighted by Crippen LogP contribution is 2.32. The van der Waals surface area contributed by atoms with Crippen LogP contribution in [0.2, 0.25) is 0 Å². The van der Waals surface area contributed by atoms with Crippen LogP contribution in [0, 0.1) is 5.92 Å². The number of amides is 1. The second-order valence-electron chi connectivity index (χ2n) is 9.80. The molecule has 7 heteroatoms. The third-order valence-electron chi connectivity index (χ3n) is 7.35. The smallest absolute Gasteiger partial charge is 0.275 e. The molecule has 3 heterocycles. The van der Waals surface area contributed by atoms with Gasteiger partial charge in [0.1, 0.15) is 5.69 Å². The molecule has 0 aliphatic carbocycles. The van der Waals surface area contributed by atoms with Crippen LogP contribution in [-0.4, -0.2) is 47.0 Å². The molecule has 1 aromatic carbocycles. The lowest BCUT2D eigenvalue weighted by atomic mass is 9.96. The number of benzene rings is 1. The number of hydrogen-bond donors (Lipinski definition) is 1. The summed E-state index contributed by atoms with van der Waals surface area (Å²) in [6, 6.07) is 8.13. The molecule has 184 valence electrons. The van der Waals surface area contributed by atoms with Gasteiger partial charge in [0.05, 0.1) is 21.4 Å². The number of thiazole rings is 1. The van der Waals surface area contributed by atoms with E-state index in [1.165, 1.54) is 32.1 Å². The minimum atomic E-state index is -0.115. The molecule has 1 aromatic heterocycles.